The van der Waals surface area contributed by atoms with Gasteiger partial charge < -0.3 is 0 Å². The predicted molar refractivity (Wildman–Crippen MR) is 120 cm³/mol. The Morgan fingerprint density at radius 1 is 0.893 bits per heavy atom. The molecular weight excluding hydrogens is 412 g/mol. The summed E-state index contributed by atoms with van der Waals surface area (Å²) in [6.45, 7) is 1.90. The van der Waals surface area contributed by atoms with Crippen molar-refractivity contribution in [1.29, 1.82) is 0 Å². The van der Waals surface area contributed by atoms with E-state index in [4.69, 9.17) is 0 Å². The van der Waals surface area contributed by atoms with E-state index in [0.29, 0.717) is 0 Å². The lowest BCUT2D eigenvalue weighted by atomic mass is 10.0. The van der Waals surface area contributed by atoms with Gasteiger partial charge in [0.15, 0.2) is 0 Å². The van der Waals surface area contributed by atoms with Crippen molar-refractivity contribution < 1.29 is 4.79 Å². The topological polar surface area (TPSA) is 41.5 Å². The number of hydrogen-bond donors (Lipinski definition) is 1. The standard InChI is InChI=1S/C24H19BrN2O/c1-16(18-11-10-17-6-2-3-7-19(17)14-18)26-27-24(28)15-20-12-13-23(25)22-9-5-4-8-21(20)22/h2-14H,15H2,1H3,(H,27,28)/b26-16+. The number of rotatable bonds is 4. The molecule has 1 N–H and O–H groups in total. The van der Waals surface area contributed by atoms with E-state index < -0.39 is 0 Å². The van der Waals surface area contributed by atoms with Gasteiger partial charge in [-0.2, -0.15) is 5.10 Å². The lowest BCUT2D eigenvalue weighted by molar-refractivity contribution is -0.120. The molecule has 0 spiro atoms. The monoisotopic (exact) mass is 430 g/mol. The van der Waals surface area contributed by atoms with Crippen LogP contribution in [0.15, 0.2) is 88.4 Å². The molecule has 3 nitrogen and oxygen atoms in total. The molecule has 0 atom stereocenters. The SMILES string of the molecule is C/C(=N\NC(=O)Cc1ccc(Br)c2ccccc12)c1ccc2ccccc2c1. The summed E-state index contributed by atoms with van der Waals surface area (Å²) in [6, 6.07) is 26.4. The number of nitrogens with zero attached hydrogens (tertiary/aromatic N) is 1. The van der Waals surface area contributed by atoms with Gasteiger partial charge in [0.25, 0.3) is 0 Å². The summed E-state index contributed by atoms with van der Waals surface area (Å²) in [7, 11) is 0. The number of benzene rings is 4. The second-order valence-electron chi connectivity index (χ2n) is 6.72. The van der Waals surface area contributed by atoms with Crippen molar-refractivity contribution in [3.63, 3.8) is 0 Å². The zero-order chi connectivity index (χ0) is 19.5. The van der Waals surface area contributed by atoms with Crippen molar-refractivity contribution in [2.24, 2.45) is 5.10 Å². The minimum atomic E-state index is -0.132. The Balaban J connectivity index is 1.51. The smallest absolute Gasteiger partial charge is 0.244 e. The molecule has 0 saturated heterocycles. The molecular formula is C24H19BrN2O. The molecule has 0 aromatic heterocycles. The molecule has 1 amide bonds. The van der Waals surface area contributed by atoms with Gasteiger partial charge >= 0.3 is 0 Å². The number of carbonyl (C=O) groups is 1. The highest BCUT2D eigenvalue weighted by molar-refractivity contribution is 9.10. The Bertz CT molecular complexity index is 1210. The fraction of sp³-hybridized carbons (Fsp3) is 0.0833. The number of nitrogens with one attached hydrogen (secondary N) is 1. The second kappa shape index (κ2) is 7.95. The minimum absolute atomic E-state index is 0.132. The third-order valence-electron chi connectivity index (χ3n) is 4.83. The first-order chi connectivity index (χ1) is 13.6. The van der Waals surface area contributed by atoms with E-state index in [1.165, 1.54) is 5.39 Å². The summed E-state index contributed by atoms with van der Waals surface area (Å²) in [5.41, 5.74) is 5.45. The van der Waals surface area contributed by atoms with Gasteiger partial charge in [0.05, 0.1) is 12.1 Å². The molecule has 138 valence electrons. The third kappa shape index (κ3) is 3.82. The van der Waals surface area contributed by atoms with E-state index in [9.17, 15) is 4.79 Å². The molecule has 4 rings (SSSR count). The van der Waals surface area contributed by atoms with Crippen LogP contribution < -0.4 is 5.43 Å². The van der Waals surface area contributed by atoms with Crippen LogP contribution in [0, 0.1) is 0 Å². The minimum Gasteiger partial charge on any atom is -0.273 e. The van der Waals surface area contributed by atoms with Crippen LogP contribution in [0.4, 0.5) is 0 Å². The van der Waals surface area contributed by atoms with E-state index in [1.54, 1.807) is 0 Å². The predicted octanol–water partition coefficient (Wildman–Crippen LogP) is 5.84. The van der Waals surface area contributed by atoms with E-state index in [2.05, 4.69) is 50.7 Å². The van der Waals surface area contributed by atoms with Gasteiger partial charge in [-0.3, -0.25) is 4.79 Å². The summed E-state index contributed by atoms with van der Waals surface area (Å²) in [5, 5.41) is 8.82. The number of hydrazone groups is 1. The molecule has 0 fully saturated rings. The maximum atomic E-state index is 12.5. The first kappa shape index (κ1) is 18.4. The molecule has 4 aromatic carbocycles. The Hall–Kier alpha value is -2.98. The second-order valence-corrected chi connectivity index (χ2v) is 7.58. The van der Waals surface area contributed by atoms with E-state index >= 15 is 0 Å². The van der Waals surface area contributed by atoms with Gasteiger partial charge in [-0.1, -0.05) is 82.7 Å². The fourth-order valence-corrected chi connectivity index (χ4v) is 3.79. The Morgan fingerprint density at radius 2 is 1.61 bits per heavy atom. The van der Waals surface area contributed by atoms with Gasteiger partial charge in [0, 0.05) is 4.47 Å². The average molecular weight is 431 g/mol. The lowest BCUT2D eigenvalue weighted by Gasteiger charge is -2.08. The summed E-state index contributed by atoms with van der Waals surface area (Å²) in [6.07, 6.45) is 0.280. The normalized spacial score (nSPS) is 11.7. The summed E-state index contributed by atoms with van der Waals surface area (Å²) < 4.78 is 1.03. The molecule has 28 heavy (non-hydrogen) atoms. The van der Waals surface area contributed by atoms with Crippen molar-refractivity contribution in [3.8, 4) is 0 Å². The fourth-order valence-electron chi connectivity index (χ4n) is 3.32. The van der Waals surface area contributed by atoms with Crippen LogP contribution in [0.1, 0.15) is 18.1 Å². The van der Waals surface area contributed by atoms with Gasteiger partial charge in [0.1, 0.15) is 0 Å². The van der Waals surface area contributed by atoms with Crippen molar-refractivity contribution >= 4 is 49.1 Å². The molecule has 0 heterocycles. The maximum absolute atomic E-state index is 12.5. The quantitative estimate of drug-likeness (QED) is 0.320. The highest BCUT2D eigenvalue weighted by Gasteiger charge is 2.09. The van der Waals surface area contributed by atoms with Crippen molar-refractivity contribution in [2.45, 2.75) is 13.3 Å². The van der Waals surface area contributed by atoms with Crippen LogP contribution in [0.25, 0.3) is 21.5 Å². The van der Waals surface area contributed by atoms with Gasteiger partial charge in [-0.25, -0.2) is 5.43 Å². The summed E-state index contributed by atoms with van der Waals surface area (Å²) in [5.74, 6) is -0.132. The first-order valence-electron chi connectivity index (χ1n) is 9.10. The summed E-state index contributed by atoms with van der Waals surface area (Å²) >= 11 is 3.57. The van der Waals surface area contributed by atoms with Crippen LogP contribution in [-0.4, -0.2) is 11.6 Å². The Morgan fingerprint density at radius 3 is 2.43 bits per heavy atom. The van der Waals surface area contributed by atoms with Gasteiger partial charge in [-0.15, -0.1) is 0 Å². The highest BCUT2D eigenvalue weighted by atomic mass is 79.9. The van der Waals surface area contributed by atoms with Crippen LogP contribution >= 0.6 is 15.9 Å². The van der Waals surface area contributed by atoms with Crippen LogP contribution in [0.5, 0.6) is 0 Å². The Kier molecular flexibility index (Phi) is 5.22. The molecule has 4 heteroatoms. The zero-order valence-electron chi connectivity index (χ0n) is 15.4. The molecule has 0 unspecified atom stereocenters. The average Bonchev–Trinajstić information content (AvgIpc) is 2.74. The van der Waals surface area contributed by atoms with Crippen LogP contribution in [-0.2, 0) is 11.2 Å². The van der Waals surface area contributed by atoms with Crippen molar-refractivity contribution in [1.82, 2.24) is 5.43 Å². The first-order valence-corrected chi connectivity index (χ1v) is 9.89. The number of halogens is 1. The summed E-state index contributed by atoms with van der Waals surface area (Å²) in [4.78, 5) is 12.5. The van der Waals surface area contributed by atoms with E-state index in [1.807, 2.05) is 61.5 Å². The van der Waals surface area contributed by atoms with Crippen LogP contribution in [0.3, 0.4) is 0 Å². The zero-order valence-corrected chi connectivity index (χ0v) is 17.0. The van der Waals surface area contributed by atoms with Gasteiger partial charge in [0.2, 0.25) is 5.91 Å². The van der Waals surface area contributed by atoms with E-state index in [-0.39, 0.29) is 12.3 Å². The number of carbonyl (C=O) groups excluding carboxylic acids is 1. The highest BCUT2D eigenvalue weighted by Crippen LogP contribution is 2.27. The van der Waals surface area contributed by atoms with Gasteiger partial charge in [-0.05, 0) is 51.7 Å². The van der Waals surface area contributed by atoms with Crippen molar-refractivity contribution in [3.05, 3.63) is 94.5 Å². The lowest BCUT2D eigenvalue weighted by Crippen LogP contribution is -2.21. The van der Waals surface area contributed by atoms with E-state index in [0.717, 1.165) is 37.5 Å². The molecule has 0 aliphatic carbocycles. The largest absolute Gasteiger partial charge is 0.273 e. The molecule has 0 saturated carbocycles. The maximum Gasteiger partial charge on any atom is 0.244 e. The molecule has 4 aromatic rings. The number of hydrogen-bond acceptors (Lipinski definition) is 2. The third-order valence-corrected chi connectivity index (χ3v) is 5.52. The number of amides is 1. The van der Waals surface area contributed by atoms with Crippen molar-refractivity contribution in [2.75, 3.05) is 0 Å². The molecule has 0 aliphatic rings. The Labute approximate surface area is 172 Å². The molecule has 0 aliphatic heterocycles. The number of fused-ring (bicyclic) bond motifs is 2. The molecule has 0 bridgehead atoms. The molecule has 0 radical (unpaired) electrons. The van der Waals surface area contributed by atoms with Crippen LogP contribution in [0.2, 0.25) is 0 Å².